The summed E-state index contributed by atoms with van der Waals surface area (Å²) in [6.07, 6.45) is 2.53. The zero-order chi connectivity index (χ0) is 21.0. The molecule has 1 N–H and O–H groups in total. The Morgan fingerprint density at radius 3 is 2.72 bits per heavy atom. The Labute approximate surface area is 170 Å². The molecule has 0 bridgehead atoms. The summed E-state index contributed by atoms with van der Waals surface area (Å²) in [6.45, 7) is 5.70. The first-order chi connectivity index (χ1) is 13.9. The van der Waals surface area contributed by atoms with E-state index in [0.29, 0.717) is 12.2 Å². The van der Waals surface area contributed by atoms with Crippen LogP contribution in [-0.4, -0.2) is 41.5 Å². The molecule has 0 aliphatic carbocycles. The minimum absolute atomic E-state index is 0.0294. The molecule has 9 heteroatoms. The van der Waals surface area contributed by atoms with Gasteiger partial charge in [0.05, 0.1) is 24.1 Å². The maximum atomic E-state index is 12.5. The molecule has 0 fully saturated rings. The molecule has 3 aromatic rings. The number of fused-ring (bicyclic) bond motifs is 1. The van der Waals surface area contributed by atoms with Crippen LogP contribution in [0.5, 0.6) is 0 Å². The third-order valence-electron chi connectivity index (χ3n) is 4.41. The fraction of sp³-hybridized carbons (Fsp3) is 0.350. The van der Waals surface area contributed by atoms with Crippen molar-refractivity contribution in [1.82, 2.24) is 14.8 Å². The van der Waals surface area contributed by atoms with E-state index in [4.69, 9.17) is 4.74 Å². The van der Waals surface area contributed by atoms with E-state index in [1.54, 1.807) is 13.0 Å². The summed E-state index contributed by atoms with van der Waals surface area (Å²) >= 11 is 0. The van der Waals surface area contributed by atoms with Crippen molar-refractivity contribution in [3.8, 4) is 5.82 Å². The standard InChI is InChI=1S/C20H24N4O4S/c1-4-6-11-29(26,27)23-19-16(20(25)28-5-2)13-21-24(19)18-12-14(3)15-9-7-8-10-17(15)22-18/h7-10,12-13,23H,4-6,11H2,1-3H3. The topological polar surface area (TPSA) is 103 Å². The number of carbonyl (C=O) groups is 1. The van der Waals surface area contributed by atoms with Crippen LogP contribution in [-0.2, 0) is 14.8 Å². The van der Waals surface area contributed by atoms with Crippen LogP contribution >= 0.6 is 0 Å². The van der Waals surface area contributed by atoms with E-state index >= 15 is 0 Å². The number of para-hydroxylation sites is 1. The van der Waals surface area contributed by atoms with Crippen molar-refractivity contribution in [3.05, 3.63) is 47.7 Å². The average molecular weight is 417 g/mol. The first-order valence-electron chi connectivity index (χ1n) is 9.48. The van der Waals surface area contributed by atoms with E-state index in [-0.39, 0.29) is 23.7 Å². The smallest absolute Gasteiger partial charge is 0.343 e. The van der Waals surface area contributed by atoms with Crippen LogP contribution in [0.4, 0.5) is 5.82 Å². The molecule has 0 aliphatic rings. The first-order valence-corrected chi connectivity index (χ1v) is 11.1. The molecule has 0 aliphatic heterocycles. The number of sulfonamides is 1. The van der Waals surface area contributed by atoms with Gasteiger partial charge in [-0.3, -0.25) is 4.72 Å². The van der Waals surface area contributed by atoms with Gasteiger partial charge in [0.1, 0.15) is 5.56 Å². The SMILES string of the molecule is CCCCS(=O)(=O)Nc1c(C(=O)OCC)cnn1-c1cc(C)c2ccccc2n1. The summed E-state index contributed by atoms with van der Waals surface area (Å²) in [5, 5.41) is 5.21. The number of aromatic nitrogens is 3. The number of pyridine rings is 1. The highest BCUT2D eigenvalue weighted by molar-refractivity contribution is 7.92. The van der Waals surface area contributed by atoms with E-state index < -0.39 is 16.0 Å². The van der Waals surface area contributed by atoms with Crippen LogP contribution in [0.15, 0.2) is 36.5 Å². The van der Waals surface area contributed by atoms with Crippen molar-refractivity contribution >= 4 is 32.7 Å². The number of aryl methyl sites for hydroxylation is 1. The highest BCUT2D eigenvalue weighted by Crippen LogP contribution is 2.25. The number of ether oxygens (including phenoxy) is 1. The summed E-state index contributed by atoms with van der Waals surface area (Å²) in [5.74, 6) is -0.266. The lowest BCUT2D eigenvalue weighted by molar-refractivity contribution is 0.0527. The number of hydrogen-bond acceptors (Lipinski definition) is 6. The molecule has 0 spiro atoms. The number of rotatable bonds is 8. The molecule has 8 nitrogen and oxygen atoms in total. The van der Waals surface area contributed by atoms with Crippen LogP contribution in [0.3, 0.4) is 0 Å². The third-order valence-corrected chi connectivity index (χ3v) is 5.74. The molecule has 3 rings (SSSR count). The van der Waals surface area contributed by atoms with E-state index in [9.17, 15) is 13.2 Å². The summed E-state index contributed by atoms with van der Waals surface area (Å²) in [5.41, 5.74) is 1.74. The molecule has 154 valence electrons. The molecule has 29 heavy (non-hydrogen) atoms. The summed E-state index contributed by atoms with van der Waals surface area (Å²) in [6, 6.07) is 9.43. The second-order valence-electron chi connectivity index (χ2n) is 6.63. The number of benzene rings is 1. The third kappa shape index (κ3) is 4.56. The van der Waals surface area contributed by atoms with Gasteiger partial charge >= 0.3 is 5.97 Å². The Bertz CT molecular complexity index is 1140. The van der Waals surface area contributed by atoms with Crippen molar-refractivity contribution < 1.29 is 17.9 Å². The highest BCUT2D eigenvalue weighted by atomic mass is 32.2. The number of nitrogens with one attached hydrogen (secondary N) is 1. The Balaban J connectivity index is 2.13. The monoisotopic (exact) mass is 416 g/mol. The lowest BCUT2D eigenvalue weighted by Gasteiger charge is -2.13. The van der Waals surface area contributed by atoms with Crippen molar-refractivity contribution in [2.75, 3.05) is 17.1 Å². The number of nitrogens with zero attached hydrogens (tertiary/aromatic N) is 3. The van der Waals surface area contributed by atoms with Crippen LogP contribution in [0, 0.1) is 6.92 Å². The number of anilines is 1. The quantitative estimate of drug-likeness (QED) is 0.564. The summed E-state index contributed by atoms with van der Waals surface area (Å²) < 4.78 is 34.0. The Morgan fingerprint density at radius 1 is 1.24 bits per heavy atom. The predicted molar refractivity (Wildman–Crippen MR) is 112 cm³/mol. The van der Waals surface area contributed by atoms with Crippen molar-refractivity contribution in [2.24, 2.45) is 0 Å². The molecule has 0 saturated heterocycles. The molecular weight excluding hydrogens is 392 g/mol. The van der Waals surface area contributed by atoms with Gasteiger partial charge < -0.3 is 4.74 Å². The minimum atomic E-state index is -3.67. The van der Waals surface area contributed by atoms with E-state index in [1.165, 1.54) is 10.9 Å². The minimum Gasteiger partial charge on any atom is -0.462 e. The Morgan fingerprint density at radius 2 is 2.00 bits per heavy atom. The van der Waals surface area contributed by atoms with Gasteiger partial charge in [-0.05, 0) is 38.0 Å². The second kappa shape index (κ2) is 8.60. The van der Waals surface area contributed by atoms with Gasteiger partial charge in [0.15, 0.2) is 11.6 Å². The van der Waals surface area contributed by atoms with Crippen molar-refractivity contribution in [1.29, 1.82) is 0 Å². The molecule has 0 amide bonds. The second-order valence-corrected chi connectivity index (χ2v) is 8.47. The fourth-order valence-electron chi connectivity index (χ4n) is 2.95. The largest absolute Gasteiger partial charge is 0.462 e. The average Bonchev–Trinajstić information content (AvgIpc) is 3.09. The zero-order valence-electron chi connectivity index (χ0n) is 16.7. The normalized spacial score (nSPS) is 11.6. The Hall–Kier alpha value is -2.94. The molecule has 0 radical (unpaired) electrons. The lowest BCUT2D eigenvalue weighted by atomic mass is 10.1. The summed E-state index contributed by atoms with van der Waals surface area (Å²) in [4.78, 5) is 16.9. The molecule has 2 heterocycles. The number of esters is 1. The molecule has 1 aromatic carbocycles. The predicted octanol–water partition coefficient (Wildman–Crippen LogP) is 3.45. The van der Waals surface area contributed by atoms with Gasteiger partial charge in [-0.1, -0.05) is 31.5 Å². The van der Waals surface area contributed by atoms with E-state index in [2.05, 4.69) is 14.8 Å². The van der Waals surface area contributed by atoms with Gasteiger partial charge in [-0.2, -0.15) is 9.78 Å². The number of unbranched alkanes of at least 4 members (excludes halogenated alkanes) is 1. The van der Waals surface area contributed by atoms with E-state index in [1.807, 2.05) is 38.1 Å². The van der Waals surface area contributed by atoms with Gasteiger partial charge in [0.25, 0.3) is 0 Å². The van der Waals surface area contributed by atoms with Gasteiger partial charge in [0.2, 0.25) is 10.0 Å². The molecule has 0 atom stereocenters. The molecular formula is C20H24N4O4S. The van der Waals surface area contributed by atoms with Crippen molar-refractivity contribution in [2.45, 2.75) is 33.6 Å². The number of carbonyl (C=O) groups excluding carboxylic acids is 1. The molecule has 2 aromatic heterocycles. The molecule has 0 unspecified atom stereocenters. The Kier molecular flexibility index (Phi) is 6.17. The highest BCUT2D eigenvalue weighted by Gasteiger charge is 2.24. The van der Waals surface area contributed by atoms with Crippen molar-refractivity contribution in [3.63, 3.8) is 0 Å². The number of hydrogen-bond donors (Lipinski definition) is 1. The van der Waals surface area contributed by atoms with Crippen LogP contribution in [0.25, 0.3) is 16.7 Å². The van der Waals surface area contributed by atoms with Gasteiger partial charge in [0, 0.05) is 5.39 Å². The lowest BCUT2D eigenvalue weighted by Crippen LogP contribution is -2.21. The maximum absolute atomic E-state index is 12.5. The van der Waals surface area contributed by atoms with Gasteiger partial charge in [-0.15, -0.1) is 0 Å². The van der Waals surface area contributed by atoms with Crippen LogP contribution < -0.4 is 4.72 Å². The maximum Gasteiger partial charge on any atom is 0.343 e. The fourth-order valence-corrected chi connectivity index (χ4v) is 4.21. The van der Waals surface area contributed by atoms with Gasteiger partial charge in [-0.25, -0.2) is 18.2 Å². The zero-order valence-corrected chi connectivity index (χ0v) is 17.5. The van der Waals surface area contributed by atoms with Crippen LogP contribution in [0.1, 0.15) is 42.6 Å². The first kappa shape index (κ1) is 20.8. The molecule has 0 saturated carbocycles. The van der Waals surface area contributed by atoms with Crippen LogP contribution in [0.2, 0.25) is 0 Å². The summed E-state index contributed by atoms with van der Waals surface area (Å²) in [7, 11) is -3.67. The van der Waals surface area contributed by atoms with E-state index in [0.717, 1.165) is 22.9 Å².